The van der Waals surface area contributed by atoms with Crippen molar-refractivity contribution >= 4 is 97.5 Å². The van der Waals surface area contributed by atoms with Crippen molar-refractivity contribution in [1.82, 2.24) is 55.7 Å². The van der Waals surface area contributed by atoms with Crippen LogP contribution in [0.1, 0.15) is 131 Å². The van der Waals surface area contributed by atoms with Gasteiger partial charge in [-0.15, -0.1) is 10.2 Å². The number of carbonyl (C=O) groups is 8. The average molecular weight is 1450 g/mol. The number of hydrogen-bond donors (Lipinski definition) is 9. The number of nitrogens with one attached hydrogen (secondary N) is 5. The lowest BCUT2D eigenvalue weighted by Crippen LogP contribution is -2.64. The fraction of sp³-hybridized carbons (Fsp3) is 0.527. The molecular formula is C74H95N15O14S. The maximum absolute atomic E-state index is 14.1. The second kappa shape index (κ2) is 32.7. The molecule has 0 saturated heterocycles. The largest absolute Gasteiger partial charge is 0.476 e. The number of fused-ring (bicyclic) bond motifs is 2. The van der Waals surface area contributed by atoms with Crippen LogP contribution in [0.3, 0.4) is 0 Å². The second-order valence-corrected chi connectivity index (χ2v) is 30.8. The summed E-state index contributed by atoms with van der Waals surface area (Å²) in [7, 11) is 0. The Morgan fingerprint density at radius 2 is 1.57 bits per heavy atom. The van der Waals surface area contributed by atoms with E-state index in [4.69, 9.17) is 35.0 Å². The van der Waals surface area contributed by atoms with E-state index in [0.717, 1.165) is 88.4 Å². The first-order valence-electron chi connectivity index (χ1n) is 35.7. The third-order valence-corrected chi connectivity index (χ3v) is 21.6. The van der Waals surface area contributed by atoms with Crippen molar-refractivity contribution in [3.8, 4) is 11.1 Å². The van der Waals surface area contributed by atoms with E-state index in [1.54, 1.807) is 55.6 Å². The smallest absolute Gasteiger partial charge is 0.410 e. The van der Waals surface area contributed by atoms with Crippen LogP contribution >= 0.6 is 11.3 Å². The average Bonchev–Trinajstić information content (AvgIpc) is 0.707. The van der Waals surface area contributed by atoms with Crippen molar-refractivity contribution in [3.63, 3.8) is 0 Å². The number of pyridine rings is 1. The molecule has 12 rings (SSSR count). The van der Waals surface area contributed by atoms with Gasteiger partial charge in [-0.3, -0.25) is 33.6 Å². The van der Waals surface area contributed by atoms with Gasteiger partial charge in [0.2, 0.25) is 17.7 Å². The van der Waals surface area contributed by atoms with Crippen molar-refractivity contribution in [1.29, 1.82) is 0 Å². The molecule has 10 N–H and O–H groups in total. The summed E-state index contributed by atoms with van der Waals surface area (Å²) in [6.45, 7) is 13.2. The maximum atomic E-state index is 14.1. The summed E-state index contributed by atoms with van der Waals surface area (Å²) in [6, 6.07) is 16.8. The predicted octanol–water partition coefficient (Wildman–Crippen LogP) is 7.85. The molecule has 6 aliphatic rings. The molecular weight excluding hydrogens is 1350 g/mol. The number of nitrogens with zero attached hydrogens (tertiary/aromatic N) is 9. The molecule has 2 unspecified atom stereocenters. The van der Waals surface area contributed by atoms with Gasteiger partial charge in [0.1, 0.15) is 18.5 Å². The van der Waals surface area contributed by atoms with Gasteiger partial charge in [-0.1, -0.05) is 63.3 Å². The summed E-state index contributed by atoms with van der Waals surface area (Å²) >= 11 is 1.54. The molecule has 2 aromatic carbocycles. The number of aliphatic hydroxyl groups excluding tert-OH is 2. The number of primary amides is 1. The van der Waals surface area contributed by atoms with E-state index in [2.05, 4.69) is 50.6 Å². The SMILES string of the molecule is Cc1c(Nc2nc3ccccc3s2)nnc2c1CCCN2c1ccc(-c2cnn(CC34CC5(OCCN(CC(CO)CO)C(=O)OCc6ccc(NC(=O)C[C@H](CCCNC(N)=O)CNC(=O)[C@@H](NC(=O)CCOCCN7C(=O)C=CC7=O)C(C)C)cc6)C[C@](C)(C3)C[C@](C)(C4)C5)c2C)c(C(=O)O)n1. The van der Waals surface area contributed by atoms with Crippen LogP contribution in [0.4, 0.5) is 37.9 Å². The number of urea groups is 1. The molecule has 104 heavy (non-hydrogen) atoms. The summed E-state index contributed by atoms with van der Waals surface area (Å²) in [5.41, 5.74) is 10.2. The van der Waals surface area contributed by atoms with Crippen molar-refractivity contribution in [2.75, 3.05) is 87.8 Å². The third-order valence-electron chi connectivity index (χ3n) is 20.6. The minimum absolute atomic E-state index is 0.00564. The number of aliphatic hydroxyl groups is 2. The van der Waals surface area contributed by atoms with Gasteiger partial charge in [-0.25, -0.2) is 24.4 Å². The number of rotatable bonds is 35. The van der Waals surface area contributed by atoms with E-state index < -0.39 is 65.2 Å². The van der Waals surface area contributed by atoms with Gasteiger partial charge in [0, 0.05) is 117 Å². The summed E-state index contributed by atoms with van der Waals surface area (Å²) in [5.74, 6) is -2.90. The number of carbonyl (C=O) groups excluding carboxylic acids is 7. The highest BCUT2D eigenvalue weighted by Crippen LogP contribution is 2.72. The minimum atomic E-state index is -1.16. The molecule has 4 fully saturated rings. The van der Waals surface area contributed by atoms with E-state index >= 15 is 0 Å². The Hall–Kier alpha value is -9.49. The van der Waals surface area contributed by atoms with Crippen LogP contribution < -0.4 is 37.2 Å². The Morgan fingerprint density at radius 3 is 2.27 bits per heavy atom. The Morgan fingerprint density at radius 1 is 0.827 bits per heavy atom. The summed E-state index contributed by atoms with van der Waals surface area (Å²) in [4.78, 5) is 116. The number of anilines is 5. The number of aromatic nitrogens is 6. The van der Waals surface area contributed by atoms with Gasteiger partial charge < -0.3 is 71.6 Å². The van der Waals surface area contributed by atoms with Crippen LogP contribution in [0.2, 0.25) is 0 Å². The first kappa shape index (κ1) is 75.7. The fourth-order valence-corrected chi connectivity index (χ4v) is 17.7. The molecule has 4 aromatic heterocycles. The molecule has 29 nitrogen and oxygen atoms in total. The molecule has 8 amide bonds. The van der Waals surface area contributed by atoms with Crippen molar-refractivity contribution in [3.05, 3.63) is 107 Å². The van der Waals surface area contributed by atoms with Gasteiger partial charge >= 0.3 is 18.1 Å². The van der Waals surface area contributed by atoms with Crippen molar-refractivity contribution in [2.45, 2.75) is 143 Å². The summed E-state index contributed by atoms with van der Waals surface area (Å²) in [5, 5.41) is 60.6. The van der Waals surface area contributed by atoms with E-state index in [9.17, 15) is 53.7 Å². The molecule has 556 valence electrons. The highest BCUT2D eigenvalue weighted by atomic mass is 32.1. The number of ether oxygens (including phenoxy) is 3. The Balaban J connectivity index is 0.683. The summed E-state index contributed by atoms with van der Waals surface area (Å²) in [6.07, 6.45) is 11.1. The molecule has 4 aliphatic carbocycles. The number of amides is 8. The number of thiazole rings is 1. The number of imide groups is 1. The van der Waals surface area contributed by atoms with Crippen LogP contribution in [0.15, 0.2) is 79.0 Å². The van der Waals surface area contributed by atoms with Gasteiger partial charge in [-0.05, 0) is 148 Å². The number of benzene rings is 2. The Kier molecular flexibility index (Phi) is 23.8. The molecule has 2 aliphatic heterocycles. The predicted molar refractivity (Wildman–Crippen MR) is 388 cm³/mol. The van der Waals surface area contributed by atoms with Crippen LogP contribution in [0.5, 0.6) is 0 Å². The molecule has 6 heterocycles. The van der Waals surface area contributed by atoms with Crippen LogP contribution in [0.25, 0.3) is 21.3 Å². The number of hydrogen-bond acceptors (Lipinski definition) is 21. The zero-order chi connectivity index (χ0) is 74.1. The zero-order valence-corrected chi connectivity index (χ0v) is 60.7. The molecule has 4 saturated carbocycles. The number of carboxylic acid groups (broad SMARTS) is 1. The van der Waals surface area contributed by atoms with E-state index in [-0.39, 0.29) is 119 Å². The van der Waals surface area contributed by atoms with Crippen molar-refractivity contribution < 1.29 is 67.9 Å². The Labute approximate surface area is 607 Å². The summed E-state index contributed by atoms with van der Waals surface area (Å²) < 4.78 is 21.5. The van der Waals surface area contributed by atoms with E-state index in [1.807, 2.05) is 59.8 Å². The van der Waals surface area contributed by atoms with Gasteiger partial charge in [0.05, 0.1) is 48.4 Å². The van der Waals surface area contributed by atoms with E-state index in [1.165, 1.54) is 17.1 Å². The van der Waals surface area contributed by atoms with Crippen LogP contribution in [-0.2, 0) is 57.8 Å². The zero-order valence-electron chi connectivity index (χ0n) is 59.8. The number of para-hydroxylation sites is 1. The van der Waals surface area contributed by atoms with Crippen molar-refractivity contribution in [2.24, 2.45) is 39.7 Å². The van der Waals surface area contributed by atoms with E-state index in [0.29, 0.717) is 65.8 Å². The number of aromatic carboxylic acids is 1. The molecule has 0 spiro atoms. The molecule has 6 aromatic rings. The van der Waals surface area contributed by atoms with Gasteiger partial charge in [-0.2, -0.15) is 5.10 Å². The lowest BCUT2D eigenvalue weighted by molar-refractivity contribution is -0.248. The Bertz CT molecular complexity index is 4130. The highest BCUT2D eigenvalue weighted by Gasteiger charge is 2.66. The molecule has 4 bridgehead atoms. The second-order valence-electron chi connectivity index (χ2n) is 29.8. The van der Waals surface area contributed by atoms with Crippen LogP contribution in [0, 0.1) is 47.8 Å². The minimum Gasteiger partial charge on any atom is -0.476 e. The lowest BCUT2D eigenvalue weighted by atomic mass is 9.39. The maximum Gasteiger partial charge on any atom is 0.410 e. The van der Waals surface area contributed by atoms with Gasteiger partial charge in [0.25, 0.3) is 11.8 Å². The molecule has 0 radical (unpaired) electrons. The third kappa shape index (κ3) is 18.2. The number of carboxylic acids is 1. The topological polar surface area (TPSA) is 390 Å². The first-order valence-corrected chi connectivity index (χ1v) is 36.5. The highest BCUT2D eigenvalue weighted by molar-refractivity contribution is 7.22. The number of nitrogens with two attached hydrogens (primary N) is 1. The normalized spacial score (nSPS) is 20.8. The van der Waals surface area contributed by atoms with Gasteiger partial charge in [0.15, 0.2) is 22.5 Å². The lowest BCUT2D eigenvalue weighted by Gasteiger charge is -2.69. The molecule has 30 heteroatoms. The van der Waals surface area contributed by atoms with Crippen LogP contribution in [-0.4, -0.2) is 187 Å². The quantitative estimate of drug-likeness (QED) is 0.0135. The standard InChI is InChI=1S/C74H95N15O14S/c1-45(2)62(82-58(92)23-28-101-29-27-88-60(94)21-22-61(88)95)66(96)77-32-49(11-9-24-76-68(75)99)31-59(93)79-51-17-15-48(16-18-51)37-102-70(100)86(34-50(35-90)36-91)26-30-103-74-41-71(5)38-72(6,42-74)40-73(39-71,43-74)44-89-47(4)54(33-78-89)53-19-20-57(81-63(53)67(97)98)87-25-10-12-52-46(3)64(84-85-65(52)87)83-69-80-55-13-7-8-14-56(55)104-69/h7-8,13-22,33,45,49-50,62,90-91H,9-12,23-32,34-44H2,1-6H3,(H,77,96)(H,79,93)(H,82,92)(H,97,98)(H3,75,76,99)(H,80,83,84)/t49-,62-,71-,72+,73?,74?/m0/s1. The molecule has 6 atom stereocenters. The monoisotopic (exact) mass is 1450 g/mol. The fourth-order valence-electron chi connectivity index (χ4n) is 16.9. The first-order chi connectivity index (χ1) is 49.7.